The molecule has 0 spiro atoms. The SMILES string of the molecule is CC(=O)N[C@H]1[C@H](N)C[C@H](c2ccncc2NC(=O)c2ccc(F)c(-c3c(F)cccc3F)n2)C[C@@H]1C. The first kappa shape index (κ1) is 25.3. The monoisotopic (exact) mass is 497 g/mol. The second-order valence-corrected chi connectivity index (χ2v) is 9.08. The molecule has 7 nitrogen and oxygen atoms in total. The first-order valence-corrected chi connectivity index (χ1v) is 11.5. The van der Waals surface area contributed by atoms with E-state index in [1.807, 2.05) is 6.92 Å². The van der Waals surface area contributed by atoms with Gasteiger partial charge in [-0.15, -0.1) is 0 Å². The number of carbonyl (C=O) groups is 2. The van der Waals surface area contributed by atoms with E-state index in [0.717, 1.165) is 42.3 Å². The Kier molecular flexibility index (Phi) is 7.35. The Bertz CT molecular complexity index is 1270. The average molecular weight is 498 g/mol. The highest BCUT2D eigenvalue weighted by Crippen LogP contribution is 2.38. The van der Waals surface area contributed by atoms with E-state index in [9.17, 15) is 22.8 Å². The number of halogens is 3. The number of hydrogen-bond acceptors (Lipinski definition) is 5. The molecule has 4 N–H and O–H groups in total. The predicted molar refractivity (Wildman–Crippen MR) is 128 cm³/mol. The summed E-state index contributed by atoms with van der Waals surface area (Å²) in [6.45, 7) is 3.47. The van der Waals surface area contributed by atoms with Gasteiger partial charge in [-0.1, -0.05) is 13.0 Å². The van der Waals surface area contributed by atoms with Gasteiger partial charge >= 0.3 is 0 Å². The van der Waals surface area contributed by atoms with Crippen molar-refractivity contribution in [2.24, 2.45) is 11.7 Å². The molecule has 0 saturated heterocycles. The number of aromatic nitrogens is 2. The van der Waals surface area contributed by atoms with Crippen molar-refractivity contribution in [1.82, 2.24) is 15.3 Å². The molecule has 4 rings (SSSR count). The van der Waals surface area contributed by atoms with Gasteiger partial charge in [-0.25, -0.2) is 18.2 Å². The molecule has 0 bridgehead atoms. The van der Waals surface area contributed by atoms with Gasteiger partial charge in [0, 0.05) is 25.2 Å². The van der Waals surface area contributed by atoms with Gasteiger partial charge in [0.2, 0.25) is 5.91 Å². The smallest absolute Gasteiger partial charge is 0.274 e. The summed E-state index contributed by atoms with van der Waals surface area (Å²) < 4.78 is 42.9. The molecule has 3 aromatic rings. The van der Waals surface area contributed by atoms with Gasteiger partial charge in [-0.05, 0) is 60.6 Å². The number of anilines is 1. The van der Waals surface area contributed by atoms with Crippen molar-refractivity contribution in [1.29, 1.82) is 0 Å². The Morgan fingerprint density at radius 3 is 2.42 bits per heavy atom. The van der Waals surface area contributed by atoms with Crippen LogP contribution in [0.15, 0.2) is 48.8 Å². The topological polar surface area (TPSA) is 110 Å². The molecule has 2 heterocycles. The Morgan fingerprint density at radius 2 is 1.75 bits per heavy atom. The molecule has 0 aliphatic heterocycles. The lowest BCUT2D eigenvalue weighted by molar-refractivity contribution is -0.120. The van der Waals surface area contributed by atoms with Crippen LogP contribution in [-0.4, -0.2) is 33.9 Å². The second-order valence-electron chi connectivity index (χ2n) is 9.08. The van der Waals surface area contributed by atoms with E-state index in [2.05, 4.69) is 20.6 Å². The summed E-state index contributed by atoms with van der Waals surface area (Å²) in [7, 11) is 0. The molecule has 0 radical (unpaired) electrons. The molecule has 0 unspecified atom stereocenters. The first-order valence-electron chi connectivity index (χ1n) is 11.5. The zero-order valence-corrected chi connectivity index (χ0v) is 19.8. The fourth-order valence-corrected chi connectivity index (χ4v) is 4.85. The minimum absolute atomic E-state index is 0.0115. The lowest BCUT2D eigenvalue weighted by atomic mass is 9.73. The van der Waals surface area contributed by atoms with Crippen LogP contribution in [0, 0.1) is 23.4 Å². The van der Waals surface area contributed by atoms with Crippen LogP contribution < -0.4 is 16.4 Å². The Balaban J connectivity index is 1.59. The fraction of sp³-hybridized carbons (Fsp3) is 0.308. The van der Waals surface area contributed by atoms with E-state index in [4.69, 9.17) is 5.73 Å². The molecular formula is C26H26F3N5O2. The summed E-state index contributed by atoms with van der Waals surface area (Å²) in [5.41, 5.74) is 6.15. The van der Waals surface area contributed by atoms with Gasteiger partial charge in [0.25, 0.3) is 5.91 Å². The van der Waals surface area contributed by atoms with Crippen LogP contribution in [0.1, 0.15) is 48.7 Å². The number of nitrogens with one attached hydrogen (secondary N) is 2. The lowest BCUT2D eigenvalue weighted by Crippen LogP contribution is -2.54. The van der Waals surface area contributed by atoms with Crippen LogP contribution in [0.25, 0.3) is 11.3 Å². The maximum Gasteiger partial charge on any atom is 0.274 e. The van der Waals surface area contributed by atoms with Crippen molar-refractivity contribution in [3.05, 3.63) is 77.5 Å². The number of benzene rings is 1. The summed E-state index contributed by atoms with van der Waals surface area (Å²) in [6, 6.07) is 6.56. The van der Waals surface area contributed by atoms with E-state index >= 15 is 0 Å². The number of carbonyl (C=O) groups excluding carboxylic acids is 2. The normalized spacial score (nSPS) is 21.6. The van der Waals surface area contributed by atoms with Gasteiger partial charge in [-0.2, -0.15) is 0 Å². The van der Waals surface area contributed by atoms with Gasteiger partial charge in [-0.3, -0.25) is 14.6 Å². The number of nitrogens with two attached hydrogens (primary N) is 1. The third kappa shape index (κ3) is 5.23. The molecule has 2 amide bonds. The van der Waals surface area contributed by atoms with Gasteiger partial charge in [0.1, 0.15) is 28.8 Å². The highest BCUT2D eigenvalue weighted by Gasteiger charge is 2.35. The maximum atomic E-state index is 14.4. The van der Waals surface area contributed by atoms with Crippen molar-refractivity contribution in [2.45, 2.75) is 44.7 Å². The van der Waals surface area contributed by atoms with Gasteiger partial charge in [0.15, 0.2) is 0 Å². The van der Waals surface area contributed by atoms with Crippen LogP contribution in [-0.2, 0) is 4.79 Å². The van der Waals surface area contributed by atoms with Crippen LogP contribution in [0.5, 0.6) is 0 Å². The Hall–Kier alpha value is -3.79. The molecule has 36 heavy (non-hydrogen) atoms. The summed E-state index contributed by atoms with van der Waals surface area (Å²) >= 11 is 0. The van der Waals surface area contributed by atoms with Crippen LogP contribution in [0.3, 0.4) is 0 Å². The number of hydrogen-bond donors (Lipinski definition) is 3. The summed E-state index contributed by atoms with van der Waals surface area (Å²) in [5, 5.41) is 5.65. The van der Waals surface area contributed by atoms with E-state index in [1.54, 1.807) is 12.3 Å². The van der Waals surface area contributed by atoms with Crippen LogP contribution >= 0.6 is 0 Å². The molecule has 1 saturated carbocycles. The van der Waals surface area contributed by atoms with Crippen molar-refractivity contribution < 1.29 is 22.8 Å². The van der Waals surface area contributed by atoms with Gasteiger partial charge in [0.05, 0.1) is 17.4 Å². The molecule has 10 heteroatoms. The Morgan fingerprint density at radius 1 is 1.03 bits per heavy atom. The maximum absolute atomic E-state index is 14.4. The number of pyridine rings is 2. The van der Waals surface area contributed by atoms with E-state index in [1.165, 1.54) is 13.1 Å². The molecule has 1 fully saturated rings. The summed E-state index contributed by atoms with van der Waals surface area (Å²) in [5.74, 6) is -3.69. The molecule has 1 aliphatic carbocycles. The van der Waals surface area contributed by atoms with Crippen molar-refractivity contribution in [3.63, 3.8) is 0 Å². The van der Waals surface area contributed by atoms with Crippen molar-refractivity contribution in [2.75, 3.05) is 5.32 Å². The standard InChI is InChI=1S/C26H26F3N5O2/c1-13-10-15(11-20(30)24(13)32-14(2)35)16-8-9-31-12-22(16)34-26(36)21-7-6-19(29)25(33-21)23-17(27)4-3-5-18(23)28/h3-9,12-13,15,20,24H,10-11,30H2,1-2H3,(H,32,35)(H,34,36)/t13-,15+,20+,24+/m0/s1. The second kappa shape index (κ2) is 10.4. The van der Waals surface area contributed by atoms with Crippen LogP contribution in [0.4, 0.5) is 18.9 Å². The van der Waals surface area contributed by atoms with Gasteiger partial charge < -0.3 is 16.4 Å². The molecule has 2 aromatic heterocycles. The van der Waals surface area contributed by atoms with E-state index < -0.39 is 34.6 Å². The summed E-state index contributed by atoms with van der Waals surface area (Å²) in [4.78, 5) is 32.6. The van der Waals surface area contributed by atoms with E-state index in [0.29, 0.717) is 12.1 Å². The number of amides is 2. The predicted octanol–water partition coefficient (Wildman–Crippen LogP) is 4.16. The molecule has 1 aliphatic rings. The zero-order chi connectivity index (χ0) is 26.0. The molecule has 4 atom stereocenters. The van der Waals surface area contributed by atoms with Crippen LogP contribution in [0.2, 0.25) is 0 Å². The quantitative estimate of drug-likeness (QED) is 0.490. The molecule has 188 valence electrons. The highest BCUT2D eigenvalue weighted by molar-refractivity contribution is 6.03. The van der Waals surface area contributed by atoms with E-state index in [-0.39, 0.29) is 35.5 Å². The highest BCUT2D eigenvalue weighted by atomic mass is 19.1. The minimum Gasteiger partial charge on any atom is -0.352 e. The number of rotatable bonds is 5. The van der Waals surface area contributed by atoms with Crippen molar-refractivity contribution in [3.8, 4) is 11.3 Å². The largest absolute Gasteiger partial charge is 0.352 e. The summed E-state index contributed by atoms with van der Waals surface area (Å²) in [6.07, 6.45) is 4.39. The third-order valence-electron chi connectivity index (χ3n) is 6.48. The lowest BCUT2D eigenvalue weighted by Gasteiger charge is -2.39. The Labute approximate surface area is 206 Å². The van der Waals surface area contributed by atoms with Crippen molar-refractivity contribution >= 4 is 17.5 Å². The molecule has 1 aromatic carbocycles. The third-order valence-corrected chi connectivity index (χ3v) is 6.48. The number of nitrogens with zero attached hydrogens (tertiary/aromatic N) is 2. The molecular weight excluding hydrogens is 471 g/mol. The first-order chi connectivity index (χ1) is 17.2. The minimum atomic E-state index is -0.992. The average Bonchev–Trinajstić information content (AvgIpc) is 2.82. The fourth-order valence-electron chi connectivity index (χ4n) is 4.85. The zero-order valence-electron chi connectivity index (χ0n) is 19.8.